The normalized spacial score (nSPS) is 18.4. The van der Waals surface area contributed by atoms with E-state index in [9.17, 15) is 0 Å². The maximum atomic E-state index is 9.14. The van der Waals surface area contributed by atoms with Gasteiger partial charge in [-0.15, -0.1) is 0 Å². The molecule has 13 heavy (non-hydrogen) atoms. The molecule has 0 N–H and O–H groups in total. The first kappa shape index (κ1) is 8.00. The first-order chi connectivity index (χ1) is 6.37. The Hall–Kier alpha value is -1.62. The van der Waals surface area contributed by atoms with Crippen LogP contribution in [0.15, 0.2) is 36.5 Å². The molecule has 2 nitrogen and oxygen atoms in total. The molecule has 0 spiro atoms. The van der Waals surface area contributed by atoms with Crippen molar-refractivity contribution in [2.45, 2.75) is 18.3 Å². The zero-order valence-electron chi connectivity index (χ0n) is 7.27. The summed E-state index contributed by atoms with van der Waals surface area (Å²) in [7, 11) is 0. The fourth-order valence-corrected chi connectivity index (χ4v) is 1.66. The number of allylic oxidation sites excluding steroid dienone is 2. The molecule has 2 heteroatoms. The third kappa shape index (κ3) is 1.23. The number of pyridine rings is 1. The number of nitriles is 1. The van der Waals surface area contributed by atoms with E-state index in [0.717, 1.165) is 18.5 Å². The summed E-state index contributed by atoms with van der Waals surface area (Å²) in [6.07, 6.45) is 7.43. The maximum Gasteiger partial charge on any atom is 0.106 e. The molecule has 0 fully saturated rings. The Morgan fingerprint density at radius 1 is 1.31 bits per heavy atom. The van der Waals surface area contributed by atoms with Crippen LogP contribution >= 0.6 is 0 Å². The van der Waals surface area contributed by atoms with Gasteiger partial charge in [-0.25, -0.2) is 0 Å². The predicted molar refractivity (Wildman–Crippen MR) is 49.9 cm³/mol. The summed E-state index contributed by atoms with van der Waals surface area (Å²) in [5, 5.41) is 9.14. The van der Waals surface area contributed by atoms with E-state index < -0.39 is 0 Å². The number of rotatable bonds is 1. The molecule has 0 saturated carbocycles. The van der Waals surface area contributed by atoms with Crippen molar-refractivity contribution >= 4 is 0 Å². The van der Waals surface area contributed by atoms with E-state index in [0.29, 0.717) is 0 Å². The van der Waals surface area contributed by atoms with Gasteiger partial charge in [0.15, 0.2) is 0 Å². The van der Waals surface area contributed by atoms with Gasteiger partial charge in [0, 0.05) is 6.20 Å². The fraction of sp³-hybridized carbons (Fsp3) is 0.273. The summed E-state index contributed by atoms with van der Waals surface area (Å²) in [4.78, 5) is 4.24. The van der Waals surface area contributed by atoms with Gasteiger partial charge in [0.1, 0.15) is 5.41 Å². The van der Waals surface area contributed by atoms with Crippen molar-refractivity contribution in [2.75, 3.05) is 0 Å². The van der Waals surface area contributed by atoms with Gasteiger partial charge in [-0.05, 0) is 25.0 Å². The van der Waals surface area contributed by atoms with Crippen molar-refractivity contribution in [3.05, 3.63) is 42.2 Å². The first-order valence-corrected chi connectivity index (χ1v) is 4.35. The van der Waals surface area contributed by atoms with Crippen molar-refractivity contribution < 1.29 is 0 Å². The Morgan fingerprint density at radius 2 is 2.08 bits per heavy atom. The molecule has 64 valence electrons. The van der Waals surface area contributed by atoms with Crippen LogP contribution in [0.1, 0.15) is 18.5 Å². The highest BCUT2D eigenvalue weighted by atomic mass is 14.7. The third-order valence-corrected chi connectivity index (χ3v) is 2.47. The molecule has 0 amide bonds. The summed E-state index contributed by atoms with van der Waals surface area (Å²) in [5.41, 5.74) is 0.504. The molecular weight excluding hydrogens is 160 g/mol. The maximum absolute atomic E-state index is 9.14. The van der Waals surface area contributed by atoms with Gasteiger partial charge in [0.05, 0.1) is 11.8 Å². The molecule has 1 aliphatic rings. The molecule has 1 heterocycles. The van der Waals surface area contributed by atoms with E-state index in [1.54, 1.807) is 6.20 Å². The zero-order valence-corrected chi connectivity index (χ0v) is 7.27. The monoisotopic (exact) mass is 170 g/mol. The second-order valence-corrected chi connectivity index (χ2v) is 3.29. The van der Waals surface area contributed by atoms with Gasteiger partial charge >= 0.3 is 0 Å². The van der Waals surface area contributed by atoms with Gasteiger partial charge in [0.2, 0.25) is 0 Å². The van der Waals surface area contributed by atoms with Gasteiger partial charge < -0.3 is 0 Å². The minimum atomic E-state index is -0.388. The molecule has 0 aromatic carbocycles. The van der Waals surface area contributed by atoms with Crippen LogP contribution in [0.25, 0.3) is 0 Å². The lowest BCUT2D eigenvalue weighted by Gasteiger charge is -2.18. The lowest BCUT2D eigenvalue weighted by atomic mass is 9.83. The largest absolute Gasteiger partial charge is 0.260 e. The lowest BCUT2D eigenvalue weighted by molar-refractivity contribution is 0.576. The zero-order chi connectivity index (χ0) is 9.15. The van der Waals surface area contributed by atoms with Crippen LogP contribution in [0.2, 0.25) is 0 Å². The molecule has 0 unspecified atom stereocenters. The molecule has 1 aromatic heterocycles. The van der Waals surface area contributed by atoms with Crippen molar-refractivity contribution in [1.82, 2.24) is 4.98 Å². The standard InChI is InChI=1S/C11H10N2/c12-9-11(6-2-3-7-11)10-5-1-4-8-13-10/h1-5,8H,6-7H2. The summed E-state index contributed by atoms with van der Waals surface area (Å²) in [6, 6.07) is 8.10. The number of hydrogen-bond donors (Lipinski definition) is 0. The molecule has 0 aliphatic heterocycles. The highest BCUT2D eigenvalue weighted by Gasteiger charge is 2.33. The second-order valence-electron chi connectivity index (χ2n) is 3.29. The number of hydrogen-bond acceptors (Lipinski definition) is 2. The highest BCUT2D eigenvalue weighted by molar-refractivity contribution is 5.32. The van der Waals surface area contributed by atoms with Crippen LogP contribution in [0.4, 0.5) is 0 Å². The third-order valence-electron chi connectivity index (χ3n) is 2.47. The minimum Gasteiger partial charge on any atom is -0.260 e. The lowest BCUT2D eigenvalue weighted by Crippen LogP contribution is -2.21. The van der Waals surface area contributed by atoms with E-state index in [1.165, 1.54) is 0 Å². The average Bonchev–Trinajstić information content (AvgIpc) is 2.69. The van der Waals surface area contributed by atoms with Crippen molar-refractivity contribution in [1.29, 1.82) is 5.26 Å². The van der Waals surface area contributed by atoms with Crippen LogP contribution < -0.4 is 0 Å². The molecule has 0 bridgehead atoms. The molecule has 0 saturated heterocycles. The highest BCUT2D eigenvalue weighted by Crippen LogP contribution is 2.34. The van der Waals surface area contributed by atoms with Crippen molar-refractivity contribution in [2.24, 2.45) is 0 Å². The Morgan fingerprint density at radius 3 is 2.62 bits per heavy atom. The van der Waals surface area contributed by atoms with Gasteiger partial charge in [-0.2, -0.15) is 5.26 Å². The summed E-state index contributed by atoms with van der Waals surface area (Å²) < 4.78 is 0. The van der Waals surface area contributed by atoms with Crippen LogP contribution in [0.3, 0.4) is 0 Å². The molecule has 0 atom stereocenters. The molecular formula is C11H10N2. The fourth-order valence-electron chi connectivity index (χ4n) is 1.66. The summed E-state index contributed by atoms with van der Waals surface area (Å²) >= 11 is 0. The second kappa shape index (κ2) is 3.02. The smallest absolute Gasteiger partial charge is 0.106 e. The van der Waals surface area contributed by atoms with E-state index in [1.807, 2.05) is 18.2 Å². The number of aromatic nitrogens is 1. The molecule has 1 aromatic rings. The first-order valence-electron chi connectivity index (χ1n) is 4.35. The van der Waals surface area contributed by atoms with Crippen molar-refractivity contribution in [3.8, 4) is 6.07 Å². The van der Waals surface area contributed by atoms with E-state index in [2.05, 4.69) is 23.2 Å². The Balaban J connectivity index is 2.40. The van der Waals surface area contributed by atoms with E-state index in [4.69, 9.17) is 5.26 Å². The molecule has 0 radical (unpaired) electrons. The summed E-state index contributed by atoms with van der Waals surface area (Å²) in [6.45, 7) is 0. The van der Waals surface area contributed by atoms with E-state index >= 15 is 0 Å². The van der Waals surface area contributed by atoms with Crippen molar-refractivity contribution in [3.63, 3.8) is 0 Å². The Bertz CT molecular complexity index is 351. The number of nitrogens with zero attached hydrogens (tertiary/aromatic N) is 2. The molecule has 2 rings (SSSR count). The Kier molecular flexibility index (Phi) is 1.86. The Labute approximate surface area is 77.5 Å². The van der Waals surface area contributed by atoms with Gasteiger partial charge in [-0.1, -0.05) is 18.2 Å². The minimum absolute atomic E-state index is 0.388. The molecule has 1 aliphatic carbocycles. The van der Waals surface area contributed by atoms with Crippen LogP contribution in [-0.2, 0) is 5.41 Å². The SMILES string of the molecule is N#CC1(c2ccccn2)CC=CC1. The van der Waals surface area contributed by atoms with Crippen LogP contribution in [-0.4, -0.2) is 4.98 Å². The van der Waals surface area contributed by atoms with E-state index in [-0.39, 0.29) is 5.41 Å². The van der Waals surface area contributed by atoms with Crippen LogP contribution in [0, 0.1) is 11.3 Å². The van der Waals surface area contributed by atoms with Crippen LogP contribution in [0.5, 0.6) is 0 Å². The quantitative estimate of drug-likeness (QED) is 0.606. The average molecular weight is 170 g/mol. The topological polar surface area (TPSA) is 36.7 Å². The summed E-state index contributed by atoms with van der Waals surface area (Å²) in [5.74, 6) is 0. The van der Waals surface area contributed by atoms with Gasteiger partial charge in [-0.3, -0.25) is 4.98 Å². The van der Waals surface area contributed by atoms with Gasteiger partial charge in [0.25, 0.3) is 0 Å². The predicted octanol–water partition coefficient (Wildman–Crippen LogP) is 2.19.